The molecule has 2 unspecified atom stereocenters. The largest absolute Gasteiger partial charge is 0.497 e. The second-order valence-corrected chi connectivity index (χ2v) is 7.51. The molecule has 2 atom stereocenters. The molecule has 1 saturated heterocycles. The van der Waals surface area contributed by atoms with Gasteiger partial charge in [-0.3, -0.25) is 4.79 Å². The van der Waals surface area contributed by atoms with E-state index in [1.165, 1.54) is 0 Å². The smallest absolute Gasteiger partial charge is 0.224 e. The van der Waals surface area contributed by atoms with Gasteiger partial charge in [0, 0.05) is 0 Å². The van der Waals surface area contributed by atoms with E-state index in [0.717, 1.165) is 11.3 Å². The van der Waals surface area contributed by atoms with Crippen LogP contribution in [0.3, 0.4) is 0 Å². The van der Waals surface area contributed by atoms with E-state index in [2.05, 4.69) is 5.32 Å². The number of rotatable bonds is 4. The van der Waals surface area contributed by atoms with Crippen LogP contribution in [0.1, 0.15) is 5.56 Å². The summed E-state index contributed by atoms with van der Waals surface area (Å²) in [6.45, 7) is 0. The Labute approximate surface area is 123 Å². The Balaban J connectivity index is 1.92. The van der Waals surface area contributed by atoms with Crippen LogP contribution in [0, 0.1) is 0 Å². The third kappa shape index (κ3) is 3.86. The molecule has 1 aliphatic heterocycles. The molecule has 110 valence electrons. The van der Waals surface area contributed by atoms with Gasteiger partial charge in [0.1, 0.15) is 5.75 Å². The van der Waals surface area contributed by atoms with Gasteiger partial charge in [0.2, 0.25) is 5.91 Å². The number of ether oxygens (including phenoxy) is 1. The van der Waals surface area contributed by atoms with Crippen molar-refractivity contribution in [1.29, 1.82) is 0 Å². The zero-order valence-electron chi connectivity index (χ0n) is 11.0. The molecule has 2 rings (SSSR count). The first-order valence-electron chi connectivity index (χ1n) is 6.16. The lowest BCUT2D eigenvalue weighted by molar-refractivity contribution is -0.120. The Morgan fingerprint density at radius 1 is 1.35 bits per heavy atom. The van der Waals surface area contributed by atoms with Gasteiger partial charge in [0.05, 0.1) is 36.5 Å². The van der Waals surface area contributed by atoms with Gasteiger partial charge in [0.15, 0.2) is 9.84 Å². The third-order valence-corrected chi connectivity index (χ3v) is 5.53. The molecule has 0 saturated carbocycles. The van der Waals surface area contributed by atoms with Crippen LogP contribution >= 0.6 is 11.6 Å². The van der Waals surface area contributed by atoms with E-state index in [-0.39, 0.29) is 23.8 Å². The first-order chi connectivity index (χ1) is 9.39. The van der Waals surface area contributed by atoms with Crippen molar-refractivity contribution in [2.45, 2.75) is 17.8 Å². The predicted molar refractivity (Wildman–Crippen MR) is 76.9 cm³/mol. The van der Waals surface area contributed by atoms with Crippen molar-refractivity contribution in [2.75, 3.05) is 18.6 Å². The fourth-order valence-electron chi connectivity index (χ4n) is 2.12. The Morgan fingerprint density at radius 3 is 2.50 bits per heavy atom. The Morgan fingerprint density at radius 2 is 2.00 bits per heavy atom. The van der Waals surface area contributed by atoms with Crippen molar-refractivity contribution >= 4 is 27.3 Å². The van der Waals surface area contributed by atoms with Crippen molar-refractivity contribution in [3.8, 4) is 5.75 Å². The molecule has 1 aromatic carbocycles. The average Bonchev–Trinajstić information content (AvgIpc) is 2.63. The minimum absolute atomic E-state index is 0.0813. The number of alkyl halides is 1. The molecule has 1 heterocycles. The lowest BCUT2D eigenvalue weighted by atomic mass is 10.1. The second-order valence-electron chi connectivity index (χ2n) is 4.79. The molecule has 5 nitrogen and oxygen atoms in total. The normalized spacial score (nSPS) is 24.3. The fraction of sp³-hybridized carbons (Fsp3) is 0.462. The summed E-state index contributed by atoms with van der Waals surface area (Å²) in [6.07, 6.45) is 0.185. The molecule has 0 aliphatic carbocycles. The minimum atomic E-state index is -3.14. The number of halogens is 1. The maximum Gasteiger partial charge on any atom is 0.224 e. The maximum absolute atomic E-state index is 11.9. The molecule has 0 aromatic heterocycles. The van der Waals surface area contributed by atoms with Gasteiger partial charge >= 0.3 is 0 Å². The number of nitrogens with one attached hydrogen (secondary N) is 1. The monoisotopic (exact) mass is 317 g/mol. The number of carbonyl (C=O) groups excluding carboxylic acids is 1. The summed E-state index contributed by atoms with van der Waals surface area (Å²) in [5.74, 6) is 0.317. The summed E-state index contributed by atoms with van der Waals surface area (Å²) in [6, 6.07) is 6.62. The third-order valence-electron chi connectivity index (χ3n) is 3.15. The topological polar surface area (TPSA) is 72.5 Å². The second kappa shape index (κ2) is 6.01. The predicted octanol–water partition coefficient (Wildman–Crippen LogP) is 0.758. The van der Waals surface area contributed by atoms with Crippen LogP contribution in [0.25, 0.3) is 0 Å². The van der Waals surface area contributed by atoms with E-state index in [9.17, 15) is 13.2 Å². The van der Waals surface area contributed by atoms with Crippen molar-refractivity contribution in [2.24, 2.45) is 0 Å². The van der Waals surface area contributed by atoms with E-state index in [0.29, 0.717) is 0 Å². The highest BCUT2D eigenvalue weighted by molar-refractivity contribution is 7.91. The van der Waals surface area contributed by atoms with Gasteiger partial charge in [-0.05, 0) is 17.7 Å². The van der Waals surface area contributed by atoms with E-state index < -0.39 is 21.3 Å². The zero-order valence-corrected chi connectivity index (χ0v) is 12.6. The van der Waals surface area contributed by atoms with Gasteiger partial charge in [-0.15, -0.1) is 11.6 Å². The van der Waals surface area contributed by atoms with Crippen molar-refractivity contribution in [3.63, 3.8) is 0 Å². The SMILES string of the molecule is COc1ccc(CC(=O)NC2CS(=O)(=O)CC2Cl)cc1. The van der Waals surface area contributed by atoms with E-state index in [1.807, 2.05) is 0 Å². The van der Waals surface area contributed by atoms with Crippen LogP contribution in [0.5, 0.6) is 5.75 Å². The Kier molecular flexibility index (Phi) is 4.55. The molecule has 1 aliphatic rings. The number of hydrogen-bond acceptors (Lipinski definition) is 4. The Hall–Kier alpha value is -1.27. The highest BCUT2D eigenvalue weighted by Gasteiger charge is 2.37. The summed E-state index contributed by atoms with van der Waals surface area (Å²) < 4.78 is 27.9. The highest BCUT2D eigenvalue weighted by Crippen LogP contribution is 2.18. The zero-order chi connectivity index (χ0) is 14.8. The highest BCUT2D eigenvalue weighted by atomic mass is 35.5. The van der Waals surface area contributed by atoms with Crippen LogP contribution < -0.4 is 10.1 Å². The first-order valence-corrected chi connectivity index (χ1v) is 8.42. The van der Waals surface area contributed by atoms with Crippen LogP contribution in [0.4, 0.5) is 0 Å². The fourth-order valence-corrected chi connectivity index (χ4v) is 4.67. The molecular formula is C13H16ClNO4S. The van der Waals surface area contributed by atoms with Crippen LogP contribution in [-0.4, -0.2) is 44.4 Å². The summed E-state index contributed by atoms with van der Waals surface area (Å²) in [7, 11) is -1.56. The molecule has 1 fully saturated rings. The van der Waals surface area contributed by atoms with E-state index in [4.69, 9.17) is 16.3 Å². The lowest BCUT2D eigenvalue weighted by Crippen LogP contribution is -2.41. The van der Waals surface area contributed by atoms with Gasteiger partial charge in [-0.2, -0.15) is 0 Å². The molecule has 0 radical (unpaired) electrons. The minimum Gasteiger partial charge on any atom is -0.497 e. The lowest BCUT2D eigenvalue weighted by Gasteiger charge is -2.14. The number of amides is 1. The van der Waals surface area contributed by atoms with Gasteiger partial charge < -0.3 is 10.1 Å². The number of methoxy groups -OCH3 is 1. The first kappa shape index (κ1) is 15.1. The van der Waals surface area contributed by atoms with Gasteiger partial charge in [0.25, 0.3) is 0 Å². The van der Waals surface area contributed by atoms with Crippen molar-refractivity contribution < 1.29 is 17.9 Å². The van der Waals surface area contributed by atoms with Crippen molar-refractivity contribution in [3.05, 3.63) is 29.8 Å². The van der Waals surface area contributed by atoms with Gasteiger partial charge in [-0.1, -0.05) is 12.1 Å². The summed E-state index contributed by atoms with van der Waals surface area (Å²) >= 11 is 5.94. The quantitative estimate of drug-likeness (QED) is 0.832. The van der Waals surface area contributed by atoms with E-state index >= 15 is 0 Å². The molecule has 0 bridgehead atoms. The van der Waals surface area contributed by atoms with E-state index in [1.54, 1.807) is 31.4 Å². The molecular weight excluding hydrogens is 302 g/mol. The summed E-state index contributed by atoms with van der Waals surface area (Å²) in [5.41, 5.74) is 0.829. The van der Waals surface area contributed by atoms with Crippen LogP contribution in [0.15, 0.2) is 24.3 Å². The molecule has 1 amide bonds. The molecule has 1 aromatic rings. The van der Waals surface area contributed by atoms with Gasteiger partial charge in [-0.25, -0.2) is 8.42 Å². The Bertz CT molecular complexity index is 585. The number of benzene rings is 1. The maximum atomic E-state index is 11.9. The standard InChI is InChI=1S/C13H16ClNO4S/c1-19-10-4-2-9(3-5-10)6-13(16)15-12-8-20(17,18)7-11(12)14/h2-5,11-12H,6-8H2,1H3,(H,15,16). The summed E-state index contributed by atoms with van der Waals surface area (Å²) in [5, 5.41) is 2.12. The molecule has 1 N–H and O–H groups in total. The van der Waals surface area contributed by atoms with Crippen LogP contribution in [-0.2, 0) is 21.1 Å². The molecule has 20 heavy (non-hydrogen) atoms. The number of sulfone groups is 1. The molecule has 0 spiro atoms. The summed E-state index contributed by atoms with van der Waals surface area (Å²) in [4.78, 5) is 11.9. The molecule has 7 heteroatoms. The van der Waals surface area contributed by atoms with Crippen LogP contribution in [0.2, 0.25) is 0 Å². The average molecular weight is 318 g/mol. The number of carbonyl (C=O) groups is 1. The number of hydrogen-bond donors (Lipinski definition) is 1. The van der Waals surface area contributed by atoms with Crippen molar-refractivity contribution in [1.82, 2.24) is 5.32 Å².